The Labute approximate surface area is 121 Å². The maximum Gasteiger partial charge on any atom is 0.224 e. The number of anilines is 1. The van der Waals surface area contributed by atoms with E-state index < -0.39 is 0 Å². The highest BCUT2D eigenvalue weighted by Gasteiger charge is 2.15. The molecule has 0 saturated carbocycles. The second-order valence-corrected chi connectivity index (χ2v) is 5.84. The van der Waals surface area contributed by atoms with Crippen LogP contribution in [0, 0.1) is 5.92 Å². The van der Waals surface area contributed by atoms with Gasteiger partial charge in [0.15, 0.2) is 0 Å². The summed E-state index contributed by atoms with van der Waals surface area (Å²) in [7, 11) is 0. The summed E-state index contributed by atoms with van der Waals surface area (Å²) < 4.78 is 0. The lowest BCUT2D eigenvalue weighted by molar-refractivity contribution is -0.120. The zero-order valence-electron chi connectivity index (χ0n) is 12.3. The molecule has 1 heterocycles. The van der Waals surface area contributed by atoms with Crippen LogP contribution in [0.15, 0.2) is 24.3 Å². The van der Waals surface area contributed by atoms with Crippen molar-refractivity contribution in [1.82, 2.24) is 10.2 Å². The fourth-order valence-corrected chi connectivity index (χ4v) is 2.64. The Bertz CT molecular complexity index is 424. The van der Waals surface area contributed by atoms with Gasteiger partial charge in [-0.2, -0.15) is 0 Å². The Morgan fingerprint density at radius 1 is 1.30 bits per heavy atom. The molecule has 0 spiro atoms. The van der Waals surface area contributed by atoms with Crippen LogP contribution in [0.3, 0.4) is 0 Å². The Morgan fingerprint density at radius 3 is 2.60 bits per heavy atom. The van der Waals surface area contributed by atoms with Gasteiger partial charge in [0.25, 0.3) is 0 Å². The molecule has 1 aromatic rings. The van der Waals surface area contributed by atoms with E-state index in [1.165, 1.54) is 25.9 Å². The molecule has 0 bridgehead atoms. The third-order valence-electron chi connectivity index (χ3n) is 3.76. The van der Waals surface area contributed by atoms with Crippen molar-refractivity contribution in [3.8, 4) is 0 Å². The second kappa shape index (κ2) is 7.29. The number of rotatable bonds is 6. The largest absolute Gasteiger partial charge is 0.399 e. The SMILES string of the molecule is CC(CNC(=O)Cc1ccc(N)cc1)CN1CCCC1. The van der Waals surface area contributed by atoms with E-state index >= 15 is 0 Å². The highest BCUT2D eigenvalue weighted by molar-refractivity contribution is 5.78. The van der Waals surface area contributed by atoms with Crippen LogP contribution in [-0.2, 0) is 11.2 Å². The van der Waals surface area contributed by atoms with Gasteiger partial charge in [-0.05, 0) is 49.5 Å². The number of amides is 1. The monoisotopic (exact) mass is 275 g/mol. The van der Waals surface area contributed by atoms with Gasteiger partial charge < -0.3 is 16.0 Å². The van der Waals surface area contributed by atoms with E-state index in [0.717, 1.165) is 24.3 Å². The lowest BCUT2D eigenvalue weighted by Gasteiger charge is -2.20. The van der Waals surface area contributed by atoms with E-state index in [9.17, 15) is 4.79 Å². The molecule has 20 heavy (non-hydrogen) atoms. The number of hydrogen-bond acceptors (Lipinski definition) is 3. The van der Waals surface area contributed by atoms with Crippen LogP contribution in [0.25, 0.3) is 0 Å². The van der Waals surface area contributed by atoms with E-state index in [1.807, 2.05) is 24.3 Å². The van der Waals surface area contributed by atoms with E-state index in [1.54, 1.807) is 0 Å². The van der Waals surface area contributed by atoms with Crippen molar-refractivity contribution in [3.63, 3.8) is 0 Å². The first-order chi connectivity index (χ1) is 9.63. The molecule has 4 nitrogen and oxygen atoms in total. The zero-order chi connectivity index (χ0) is 14.4. The summed E-state index contributed by atoms with van der Waals surface area (Å²) in [6, 6.07) is 7.47. The normalized spacial score (nSPS) is 17.1. The molecule has 1 aliphatic heterocycles. The summed E-state index contributed by atoms with van der Waals surface area (Å²) in [5.41, 5.74) is 7.36. The smallest absolute Gasteiger partial charge is 0.224 e. The van der Waals surface area contributed by atoms with Crippen LogP contribution in [0.2, 0.25) is 0 Å². The van der Waals surface area contributed by atoms with Crippen molar-refractivity contribution in [2.75, 3.05) is 31.9 Å². The minimum atomic E-state index is 0.0862. The van der Waals surface area contributed by atoms with Crippen molar-refractivity contribution in [2.45, 2.75) is 26.2 Å². The van der Waals surface area contributed by atoms with Gasteiger partial charge in [-0.1, -0.05) is 19.1 Å². The van der Waals surface area contributed by atoms with Crippen LogP contribution in [-0.4, -0.2) is 37.0 Å². The first kappa shape index (κ1) is 14.9. The van der Waals surface area contributed by atoms with Gasteiger partial charge in [0.2, 0.25) is 5.91 Å². The minimum absolute atomic E-state index is 0.0862. The zero-order valence-corrected chi connectivity index (χ0v) is 12.3. The number of nitrogens with zero attached hydrogens (tertiary/aromatic N) is 1. The number of hydrogen-bond donors (Lipinski definition) is 2. The summed E-state index contributed by atoms with van der Waals surface area (Å²) in [6.45, 7) is 6.46. The molecular weight excluding hydrogens is 250 g/mol. The highest BCUT2D eigenvalue weighted by Crippen LogP contribution is 2.10. The molecule has 2 rings (SSSR count). The van der Waals surface area contributed by atoms with Crippen molar-refractivity contribution in [3.05, 3.63) is 29.8 Å². The van der Waals surface area contributed by atoms with Crippen LogP contribution < -0.4 is 11.1 Å². The molecule has 4 heteroatoms. The Morgan fingerprint density at radius 2 is 1.95 bits per heavy atom. The number of benzene rings is 1. The summed E-state index contributed by atoms with van der Waals surface area (Å²) in [6.07, 6.45) is 3.06. The predicted molar refractivity (Wildman–Crippen MR) is 82.4 cm³/mol. The van der Waals surface area contributed by atoms with E-state index in [2.05, 4.69) is 17.1 Å². The summed E-state index contributed by atoms with van der Waals surface area (Å²) in [5, 5.41) is 3.02. The average Bonchev–Trinajstić information content (AvgIpc) is 2.92. The van der Waals surface area contributed by atoms with Crippen LogP contribution in [0.4, 0.5) is 5.69 Å². The highest BCUT2D eigenvalue weighted by atomic mass is 16.1. The number of carbonyl (C=O) groups is 1. The first-order valence-electron chi connectivity index (χ1n) is 7.47. The van der Waals surface area contributed by atoms with Gasteiger partial charge in [0.05, 0.1) is 6.42 Å². The van der Waals surface area contributed by atoms with Crippen LogP contribution >= 0.6 is 0 Å². The molecule has 1 saturated heterocycles. The molecule has 1 unspecified atom stereocenters. The van der Waals surface area contributed by atoms with E-state index in [4.69, 9.17) is 5.73 Å². The molecule has 0 aromatic heterocycles. The van der Waals surface area contributed by atoms with Gasteiger partial charge in [-0.25, -0.2) is 0 Å². The van der Waals surface area contributed by atoms with Gasteiger partial charge in [0, 0.05) is 18.8 Å². The van der Waals surface area contributed by atoms with Crippen molar-refractivity contribution < 1.29 is 4.79 Å². The van der Waals surface area contributed by atoms with Gasteiger partial charge in [-0.15, -0.1) is 0 Å². The lowest BCUT2D eigenvalue weighted by atomic mass is 10.1. The molecule has 3 N–H and O–H groups in total. The molecule has 1 amide bonds. The van der Waals surface area contributed by atoms with Crippen molar-refractivity contribution >= 4 is 11.6 Å². The van der Waals surface area contributed by atoms with E-state index in [0.29, 0.717) is 12.3 Å². The number of nitrogens with two attached hydrogens (primary N) is 1. The van der Waals surface area contributed by atoms with E-state index in [-0.39, 0.29) is 5.91 Å². The quantitative estimate of drug-likeness (QED) is 0.776. The van der Waals surface area contributed by atoms with Crippen LogP contribution in [0.1, 0.15) is 25.3 Å². The summed E-state index contributed by atoms with van der Waals surface area (Å²) in [4.78, 5) is 14.4. The molecule has 1 atom stereocenters. The predicted octanol–water partition coefficient (Wildman–Crippen LogP) is 1.66. The van der Waals surface area contributed by atoms with Crippen molar-refractivity contribution in [2.24, 2.45) is 5.92 Å². The first-order valence-corrected chi connectivity index (χ1v) is 7.47. The molecule has 0 aliphatic carbocycles. The molecule has 110 valence electrons. The van der Waals surface area contributed by atoms with Gasteiger partial charge in [-0.3, -0.25) is 4.79 Å². The maximum atomic E-state index is 11.9. The fourth-order valence-electron chi connectivity index (χ4n) is 2.64. The number of nitrogen functional groups attached to an aromatic ring is 1. The average molecular weight is 275 g/mol. The molecule has 1 aliphatic rings. The Balaban J connectivity index is 1.67. The molecule has 1 aromatic carbocycles. The lowest BCUT2D eigenvalue weighted by Crippen LogP contribution is -2.35. The minimum Gasteiger partial charge on any atom is -0.399 e. The maximum absolute atomic E-state index is 11.9. The number of likely N-dealkylation sites (tertiary alicyclic amines) is 1. The number of nitrogens with one attached hydrogen (secondary N) is 1. The standard InChI is InChI=1S/C16H25N3O/c1-13(12-19-8-2-3-9-19)11-18-16(20)10-14-4-6-15(17)7-5-14/h4-7,13H,2-3,8-12,17H2,1H3,(H,18,20). The Kier molecular flexibility index (Phi) is 5.41. The topological polar surface area (TPSA) is 58.4 Å². The molecule has 1 fully saturated rings. The fraction of sp³-hybridized carbons (Fsp3) is 0.562. The van der Waals surface area contributed by atoms with Crippen molar-refractivity contribution in [1.29, 1.82) is 0 Å². The van der Waals surface area contributed by atoms with Gasteiger partial charge >= 0.3 is 0 Å². The second-order valence-electron chi connectivity index (χ2n) is 5.84. The molecular formula is C16H25N3O. The third-order valence-corrected chi connectivity index (χ3v) is 3.76. The van der Waals surface area contributed by atoms with Gasteiger partial charge in [0.1, 0.15) is 0 Å². The third kappa shape index (κ3) is 4.85. The van der Waals surface area contributed by atoms with Crippen LogP contribution in [0.5, 0.6) is 0 Å². The summed E-state index contributed by atoms with van der Waals surface area (Å²) in [5.74, 6) is 0.589. The number of carbonyl (C=O) groups excluding carboxylic acids is 1. The Hall–Kier alpha value is -1.55. The molecule has 0 radical (unpaired) electrons. The summed E-state index contributed by atoms with van der Waals surface area (Å²) >= 11 is 0.